The van der Waals surface area contributed by atoms with Crippen molar-refractivity contribution in [2.45, 2.75) is 69.9 Å². The summed E-state index contributed by atoms with van der Waals surface area (Å²) in [6.07, 6.45) is 7.76. The van der Waals surface area contributed by atoms with E-state index in [0.29, 0.717) is 23.8 Å². The highest BCUT2D eigenvalue weighted by atomic mass is 16.3. The van der Waals surface area contributed by atoms with Crippen molar-refractivity contribution in [2.75, 3.05) is 5.32 Å². The standard InChI is InChI=1S/C20H26N4O2/c1-12-5-10-16-18(21-12)24(15-3-2-4-15)19(22-16)23-17(25)11-20(26,13-6-7-13)14-8-9-14/h5,10,13-15,26H,2-4,6-9,11H2,1H3,(H,22,23,25). The molecule has 0 aliphatic heterocycles. The van der Waals surface area contributed by atoms with Gasteiger partial charge in [0.2, 0.25) is 11.9 Å². The normalized spacial score (nSPS) is 21.0. The minimum absolute atomic E-state index is 0.126. The van der Waals surface area contributed by atoms with Crippen LogP contribution in [0, 0.1) is 18.8 Å². The first-order valence-electron chi connectivity index (χ1n) is 9.92. The van der Waals surface area contributed by atoms with Gasteiger partial charge in [0.05, 0.1) is 12.0 Å². The van der Waals surface area contributed by atoms with Crippen LogP contribution in [0.3, 0.4) is 0 Å². The van der Waals surface area contributed by atoms with E-state index in [4.69, 9.17) is 0 Å². The number of nitrogens with one attached hydrogen (secondary N) is 1. The number of amides is 1. The Balaban J connectivity index is 1.42. The molecule has 6 nitrogen and oxygen atoms in total. The molecule has 6 heteroatoms. The number of anilines is 1. The van der Waals surface area contributed by atoms with Crippen molar-refractivity contribution in [3.8, 4) is 0 Å². The largest absolute Gasteiger partial charge is 0.389 e. The van der Waals surface area contributed by atoms with E-state index < -0.39 is 5.60 Å². The number of fused-ring (bicyclic) bond motifs is 1. The lowest BCUT2D eigenvalue weighted by Crippen LogP contribution is -2.39. The predicted molar refractivity (Wildman–Crippen MR) is 98.8 cm³/mol. The van der Waals surface area contributed by atoms with Crippen LogP contribution in [0.2, 0.25) is 0 Å². The molecule has 2 N–H and O–H groups in total. The van der Waals surface area contributed by atoms with E-state index in [9.17, 15) is 9.90 Å². The first-order valence-corrected chi connectivity index (χ1v) is 9.92. The first kappa shape index (κ1) is 16.2. The number of carbonyl (C=O) groups is 1. The molecule has 3 aliphatic rings. The molecule has 0 aromatic carbocycles. The molecule has 2 aromatic rings. The Morgan fingerprint density at radius 1 is 1.19 bits per heavy atom. The zero-order valence-corrected chi connectivity index (χ0v) is 15.2. The van der Waals surface area contributed by atoms with E-state index in [-0.39, 0.29) is 12.3 Å². The lowest BCUT2D eigenvalue weighted by atomic mass is 9.88. The van der Waals surface area contributed by atoms with E-state index >= 15 is 0 Å². The van der Waals surface area contributed by atoms with Crippen LogP contribution in [0.25, 0.3) is 11.2 Å². The number of aryl methyl sites for hydroxylation is 1. The summed E-state index contributed by atoms with van der Waals surface area (Å²) in [4.78, 5) is 22.1. The highest BCUT2D eigenvalue weighted by molar-refractivity contribution is 5.91. The molecule has 3 fully saturated rings. The zero-order chi connectivity index (χ0) is 17.9. The van der Waals surface area contributed by atoms with E-state index in [1.54, 1.807) is 0 Å². The molecule has 3 aliphatic carbocycles. The molecule has 1 amide bonds. The van der Waals surface area contributed by atoms with Gasteiger partial charge in [-0.1, -0.05) is 0 Å². The second kappa shape index (κ2) is 5.78. The van der Waals surface area contributed by atoms with Crippen molar-refractivity contribution in [1.82, 2.24) is 14.5 Å². The highest BCUT2D eigenvalue weighted by Gasteiger charge is 2.54. The number of aromatic nitrogens is 3. The SMILES string of the molecule is Cc1ccc2nc(NC(=O)CC(O)(C3CC3)C3CC3)n(C3CCC3)c2n1. The Bertz CT molecular complexity index is 850. The lowest BCUT2D eigenvalue weighted by Gasteiger charge is -2.30. The molecule has 2 aromatic heterocycles. The van der Waals surface area contributed by atoms with Gasteiger partial charge in [-0.2, -0.15) is 0 Å². The highest BCUT2D eigenvalue weighted by Crippen LogP contribution is 2.53. The number of imidazole rings is 1. The van der Waals surface area contributed by atoms with Crippen molar-refractivity contribution in [3.63, 3.8) is 0 Å². The van der Waals surface area contributed by atoms with Gasteiger partial charge in [0.25, 0.3) is 0 Å². The average Bonchev–Trinajstić information content (AvgIpc) is 3.44. The summed E-state index contributed by atoms with van der Waals surface area (Å²) in [7, 11) is 0. The van der Waals surface area contributed by atoms with Gasteiger partial charge in [0.15, 0.2) is 5.65 Å². The first-order chi connectivity index (χ1) is 12.5. The molecule has 0 atom stereocenters. The number of rotatable bonds is 6. The van der Waals surface area contributed by atoms with Crippen molar-refractivity contribution < 1.29 is 9.90 Å². The zero-order valence-electron chi connectivity index (χ0n) is 15.2. The fourth-order valence-electron chi connectivity index (χ4n) is 4.36. The van der Waals surface area contributed by atoms with Crippen molar-refractivity contribution in [3.05, 3.63) is 17.8 Å². The van der Waals surface area contributed by atoms with Crippen LogP contribution in [-0.2, 0) is 4.79 Å². The van der Waals surface area contributed by atoms with Crippen molar-refractivity contribution in [2.24, 2.45) is 11.8 Å². The maximum atomic E-state index is 12.8. The van der Waals surface area contributed by atoms with E-state index in [2.05, 4.69) is 19.9 Å². The molecule has 0 radical (unpaired) electrons. The number of pyridine rings is 1. The third-order valence-corrected chi connectivity index (χ3v) is 6.38. The summed E-state index contributed by atoms with van der Waals surface area (Å²) in [5.74, 6) is 1.06. The van der Waals surface area contributed by atoms with Crippen LogP contribution in [0.4, 0.5) is 5.95 Å². The van der Waals surface area contributed by atoms with Gasteiger partial charge in [-0.3, -0.25) is 14.7 Å². The second-order valence-corrected chi connectivity index (χ2v) is 8.45. The Hall–Kier alpha value is -1.95. The topological polar surface area (TPSA) is 80.0 Å². The molecule has 0 saturated heterocycles. The van der Waals surface area contributed by atoms with Crippen LogP contribution in [0.5, 0.6) is 0 Å². The van der Waals surface area contributed by atoms with Crippen LogP contribution in [-0.4, -0.2) is 31.1 Å². The van der Waals surface area contributed by atoms with Crippen molar-refractivity contribution >= 4 is 23.0 Å². The molecule has 138 valence electrons. The maximum absolute atomic E-state index is 12.8. The smallest absolute Gasteiger partial charge is 0.229 e. The average molecular weight is 354 g/mol. The second-order valence-electron chi connectivity index (χ2n) is 8.45. The van der Waals surface area contributed by atoms with Gasteiger partial charge >= 0.3 is 0 Å². The monoisotopic (exact) mass is 354 g/mol. The van der Waals surface area contributed by atoms with E-state index in [1.165, 1.54) is 6.42 Å². The third kappa shape index (κ3) is 2.71. The summed E-state index contributed by atoms with van der Waals surface area (Å²) in [6.45, 7) is 1.97. The summed E-state index contributed by atoms with van der Waals surface area (Å²) in [5, 5.41) is 14.1. The molecular formula is C20H26N4O2. The number of hydrogen-bond donors (Lipinski definition) is 2. The lowest BCUT2D eigenvalue weighted by molar-refractivity contribution is -0.123. The van der Waals surface area contributed by atoms with Gasteiger partial charge in [0.1, 0.15) is 5.52 Å². The molecule has 0 bridgehead atoms. The molecule has 0 spiro atoms. The van der Waals surface area contributed by atoms with Crippen LogP contribution >= 0.6 is 0 Å². The predicted octanol–water partition coefficient (Wildman–Crippen LogP) is 3.34. The Morgan fingerprint density at radius 3 is 2.46 bits per heavy atom. The summed E-state index contributed by atoms with van der Waals surface area (Å²) in [5.41, 5.74) is 1.81. The Morgan fingerprint density at radius 2 is 1.88 bits per heavy atom. The van der Waals surface area contributed by atoms with Gasteiger partial charge in [-0.15, -0.1) is 0 Å². The fraction of sp³-hybridized carbons (Fsp3) is 0.650. The van der Waals surface area contributed by atoms with Crippen LogP contribution in [0.1, 0.15) is 63.1 Å². The van der Waals surface area contributed by atoms with Gasteiger partial charge in [0, 0.05) is 11.7 Å². The minimum Gasteiger partial charge on any atom is -0.389 e. The molecule has 3 saturated carbocycles. The summed E-state index contributed by atoms with van der Waals surface area (Å²) in [6, 6.07) is 4.27. The molecular weight excluding hydrogens is 328 g/mol. The van der Waals surface area contributed by atoms with Crippen LogP contribution < -0.4 is 5.32 Å². The minimum atomic E-state index is -0.813. The summed E-state index contributed by atoms with van der Waals surface area (Å²) < 4.78 is 2.09. The van der Waals surface area contributed by atoms with E-state index in [1.807, 2.05) is 19.1 Å². The molecule has 2 heterocycles. The quantitative estimate of drug-likeness (QED) is 0.834. The molecule has 0 unspecified atom stereocenters. The number of aliphatic hydroxyl groups is 1. The van der Waals surface area contributed by atoms with Gasteiger partial charge in [-0.05, 0) is 75.8 Å². The molecule has 5 rings (SSSR count). The Labute approximate surface area is 153 Å². The molecule has 26 heavy (non-hydrogen) atoms. The fourth-order valence-corrected chi connectivity index (χ4v) is 4.36. The van der Waals surface area contributed by atoms with Crippen molar-refractivity contribution in [1.29, 1.82) is 0 Å². The number of carbonyl (C=O) groups excluding carboxylic acids is 1. The number of nitrogens with zero attached hydrogens (tertiary/aromatic N) is 3. The van der Waals surface area contributed by atoms with E-state index in [0.717, 1.165) is 55.4 Å². The summed E-state index contributed by atoms with van der Waals surface area (Å²) >= 11 is 0. The maximum Gasteiger partial charge on any atom is 0.229 e. The Kier molecular flexibility index (Phi) is 3.61. The van der Waals surface area contributed by atoms with Gasteiger partial charge < -0.3 is 5.11 Å². The van der Waals surface area contributed by atoms with Gasteiger partial charge in [-0.25, -0.2) is 9.97 Å². The number of hydrogen-bond acceptors (Lipinski definition) is 4. The third-order valence-electron chi connectivity index (χ3n) is 6.38. The van der Waals surface area contributed by atoms with Crippen LogP contribution in [0.15, 0.2) is 12.1 Å².